The molecule has 0 radical (unpaired) electrons. The maximum Gasteiger partial charge on any atom is 0.214 e. The van der Waals surface area contributed by atoms with Crippen LogP contribution in [0.5, 0.6) is 0 Å². The minimum atomic E-state index is -0.468. The number of nitrogen functional groups attached to an aromatic ring is 1. The normalized spacial score (nSPS) is 15.2. The molecular formula is C17H16FN5O. The topological polar surface area (TPSA) is 86.7 Å². The highest BCUT2D eigenvalue weighted by Gasteiger charge is 2.27. The van der Waals surface area contributed by atoms with E-state index in [2.05, 4.69) is 15.1 Å². The Labute approximate surface area is 137 Å². The van der Waals surface area contributed by atoms with Gasteiger partial charge in [0, 0.05) is 5.56 Å². The molecule has 24 heavy (non-hydrogen) atoms. The predicted molar refractivity (Wildman–Crippen MR) is 87.1 cm³/mol. The second-order valence-corrected chi connectivity index (χ2v) is 6.03. The monoisotopic (exact) mass is 325 g/mol. The molecule has 2 aromatic heterocycles. The molecule has 2 heterocycles. The maximum absolute atomic E-state index is 13.5. The molecule has 3 aromatic rings. The molecule has 1 aromatic carbocycles. The highest BCUT2D eigenvalue weighted by molar-refractivity contribution is 6.16. The summed E-state index contributed by atoms with van der Waals surface area (Å²) >= 11 is 0. The van der Waals surface area contributed by atoms with Gasteiger partial charge in [0.15, 0.2) is 5.65 Å². The number of anilines is 1. The van der Waals surface area contributed by atoms with E-state index in [1.165, 1.54) is 24.5 Å². The number of rotatable bonds is 3. The lowest BCUT2D eigenvalue weighted by molar-refractivity contribution is 0.103. The van der Waals surface area contributed by atoms with Crippen molar-refractivity contribution in [1.82, 2.24) is 19.7 Å². The molecule has 1 aliphatic rings. The van der Waals surface area contributed by atoms with Gasteiger partial charge >= 0.3 is 0 Å². The largest absolute Gasteiger partial charge is 0.383 e. The Bertz CT molecular complexity index is 930. The number of ketones is 1. The number of aromatic nitrogens is 4. The highest BCUT2D eigenvalue weighted by atomic mass is 19.1. The van der Waals surface area contributed by atoms with Crippen molar-refractivity contribution in [1.29, 1.82) is 0 Å². The number of nitrogens with two attached hydrogens (primary N) is 1. The summed E-state index contributed by atoms with van der Waals surface area (Å²) in [6.45, 7) is 0. The van der Waals surface area contributed by atoms with Gasteiger partial charge in [0.05, 0.1) is 11.4 Å². The lowest BCUT2D eigenvalue weighted by atomic mass is 10.1. The second-order valence-electron chi connectivity index (χ2n) is 6.03. The van der Waals surface area contributed by atoms with Gasteiger partial charge in [-0.3, -0.25) is 4.79 Å². The van der Waals surface area contributed by atoms with Crippen LogP contribution < -0.4 is 5.73 Å². The Balaban J connectivity index is 1.90. The molecule has 0 atom stereocenters. The third-order valence-electron chi connectivity index (χ3n) is 4.49. The van der Waals surface area contributed by atoms with E-state index in [0.29, 0.717) is 11.0 Å². The fourth-order valence-corrected chi connectivity index (χ4v) is 3.32. The zero-order chi connectivity index (χ0) is 16.7. The van der Waals surface area contributed by atoms with Crippen molar-refractivity contribution in [2.45, 2.75) is 31.7 Å². The van der Waals surface area contributed by atoms with Gasteiger partial charge in [-0.15, -0.1) is 0 Å². The van der Waals surface area contributed by atoms with E-state index in [0.717, 1.165) is 25.7 Å². The molecule has 0 amide bonds. The van der Waals surface area contributed by atoms with Gasteiger partial charge in [-0.2, -0.15) is 5.10 Å². The van der Waals surface area contributed by atoms with Crippen LogP contribution in [0.2, 0.25) is 0 Å². The van der Waals surface area contributed by atoms with Gasteiger partial charge in [0.1, 0.15) is 23.7 Å². The minimum absolute atomic E-state index is 0.181. The molecule has 1 fully saturated rings. The van der Waals surface area contributed by atoms with Crippen molar-refractivity contribution in [3.05, 3.63) is 47.7 Å². The van der Waals surface area contributed by atoms with Crippen LogP contribution in [0.15, 0.2) is 30.6 Å². The quantitative estimate of drug-likeness (QED) is 0.748. The van der Waals surface area contributed by atoms with Crippen molar-refractivity contribution in [3.63, 3.8) is 0 Å². The standard InChI is InChI=1S/C17H16FN5O/c18-11-5-3-4-10(8-11)15(24)14-13-16(19)20-9-21-17(13)23(22-14)12-6-1-2-7-12/h3-5,8-9,12H,1-2,6-7H2,(H2,19,20,21). The fraction of sp³-hybridized carbons (Fsp3) is 0.294. The maximum atomic E-state index is 13.5. The summed E-state index contributed by atoms with van der Waals surface area (Å²) in [6, 6.07) is 5.76. The van der Waals surface area contributed by atoms with Crippen LogP contribution in [0.1, 0.15) is 47.8 Å². The highest BCUT2D eigenvalue weighted by Crippen LogP contribution is 2.33. The molecule has 0 bridgehead atoms. The van der Waals surface area contributed by atoms with Gasteiger partial charge in [-0.1, -0.05) is 25.0 Å². The molecule has 2 N–H and O–H groups in total. The summed E-state index contributed by atoms with van der Waals surface area (Å²) in [5.74, 6) is -0.633. The molecule has 122 valence electrons. The number of hydrogen-bond donors (Lipinski definition) is 1. The summed E-state index contributed by atoms with van der Waals surface area (Å²) in [7, 11) is 0. The number of carbonyl (C=O) groups is 1. The third-order valence-corrected chi connectivity index (χ3v) is 4.49. The number of nitrogens with zero attached hydrogens (tertiary/aromatic N) is 4. The average Bonchev–Trinajstić information content (AvgIpc) is 3.22. The number of halogens is 1. The van der Waals surface area contributed by atoms with E-state index < -0.39 is 5.82 Å². The third kappa shape index (κ3) is 2.33. The van der Waals surface area contributed by atoms with Crippen molar-refractivity contribution < 1.29 is 9.18 Å². The molecule has 7 heteroatoms. The Morgan fingerprint density at radius 3 is 2.79 bits per heavy atom. The lowest BCUT2D eigenvalue weighted by Gasteiger charge is -2.09. The van der Waals surface area contributed by atoms with Crippen LogP contribution >= 0.6 is 0 Å². The van der Waals surface area contributed by atoms with Gasteiger partial charge in [0.25, 0.3) is 0 Å². The zero-order valence-electron chi connectivity index (χ0n) is 12.9. The van der Waals surface area contributed by atoms with Gasteiger partial charge in [-0.25, -0.2) is 19.0 Å². The molecule has 1 saturated carbocycles. The summed E-state index contributed by atoms with van der Waals surface area (Å²) in [6.07, 6.45) is 5.61. The summed E-state index contributed by atoms with van der Waals surface area (Å²) in [4.78, 5) is 21.1. The van der Waals surface area contributed by atoms with Gasteiger partial charge in [-0.05, 0) is 25.0 Å². The Morgan fingerprint density at radius 2 is 2.04 bits per heavy atom. The van der Waals surface area contributed by atoms with E-state index >= 15 is 0 Å². The molecular weight excluding hydrogens is 309 g/mol. The number of fused-ring (bicyclic) bond motifs is 1. The lowest BCUT2D eigenvalue weighted by Crippen LogP contribution is -2.09. The van der Waals surface area contributed by atoms with Crippen molar-refractivity contribution in [3.8, 4) is 0 Å². The van der Waals surface area contributed by atoms with Crippen LogP contribution in [-0.2, 0) is 0 Å². The molecule has 6 nitrogen and oxygen atoms in total. The van der Waals surface area contributed by atoms with E-state index in [1.54, 1.807) is 10.7 Å². The van der Waals surface area contributed by atoms with E-state index in [4.69, 9.17) is 5.73 Å². The number of benzene rings is 1. The predicted octanol–water partition coefficient (Wildman–Crippen LogP) is 2.89. The minimum Gasteiger partial charge on any atom is -0.383 e. The first-order valence-corrected chi connectivity index (χ1v) is 7.94. The summed E-state index contributed by atoms with van der Waals surface area (Å²) < 4.78 is 15.2. The van der Waals surface area contributed by atoms with Crippen LogP contribution in [0.25, 0.3) is 11.0 Å². The number of hydrogen-bond acceptors (Lipinski definition) is 5. The molecule has 4 rings (SSSR count). The first-order valence-electron chi connectivity index (χ1n) is 7.94. The fourth-order valence-electron chi connectivity index (χ4n) is 3.32. The molecule has 0 aliphatic heterocycles. The van der Waals surface area contributed by atoms with Crippen LogP contribution in [0.4, 0.5) is 10.2 Å². The SMILES string of the molecule is Nc1ncnc2c1c(C(=O)c1cccc(F)c1)nn2C1CCCC1. The second kappa shape index (κ2) is 5.67. The van der Waals surface area contributed by atoms with Crippen LogP contribution in [-0.4, -0.2) is 25.5 Å². The van der Waals surface area contributed by atoms with Crippen LogP contribution in [0, 0.1) is 5.82 Å². The van der Waals surface area contributed by atoms with Crippen molar-refractivity contribution in [2.75, 3.05) is 5.73 Å². The first-order chi connectivity index (χ1) is 11.6. The van der Waals surface area contributed by atoms with Crippen molar-refractivity contribution >= 4 is 22.6 Å². The molecule has 0 saturated heterocycles. The summed E-state index contributed by atoms with van der Waals surface area (Å²) in [5, 5.41) is 4.94. The number of carbonyl (C=O) groups excluding carboxylic acids is 1. The van der Waals surface area contributed by atoms with Crippen LogP contribution in [0.3, 0.4) is 0 Å². The Kier molecular flexibility index (Phi) is 3.48. The van der Waals surface area contributed by atoms with Crippen molar-refractivity contribution in [2.24, 2.45) is 0 Å². The average molecular weight is 325 g/mol. The zero-order valence-corrected chi connectivity index (χ0v) is 12.9. The summed E-state index contributed by atoms with van der Waals surface area (Å²) in [5.41, 5.74) is 6.96. The van der Waals surface area contributed by atoms with E-state index in [9.17, 15) is 9.18 Å². The Hall–Kier alpha value is -2.83. The Morgan fingerprint density at radius 1 is 1.25 bits per heavy atom. The van der Waals surface area contributed by atoms with E-state index in [1.807, 2.05) is 0 Å². The van der Waals surface area contributed by atoms with E-state index in [-0.39, 0.29) is 28.9 Å². The molecule has 0 spiro atoms. The van der Waals surface area contributed by atoms with Gasteiger partial charge in [0.2, 0.25) is 5.78 Å². The van der Waals surface area contributed by atoms with Gasteiger partial charge < -0.3 is 5.73 Å². The first kappa shape index (κ1) is 14.7. The smallest absolute Gasteiger partial charge is 0.214 e. The molecule has 1 aliphatic carbocycles. The molecule has 0 unspecified atom stereocenters.